The predicted octanol–water partition coefficient (Wildman–Crippen LogP) is 3.49. The van der Waals surface area contributed by atoms with Crippen LogP contribution >= 0.6 is 27.7 Å². The third-order valence-corrected chi connectivity index (χ3v) is 6.41. The van der Waals surface area contributed by atoms with Crippen molar-refractivity contribution in [2.45, 2.75) is 38.0 Å². The third kappa shape index (κ3) is 5.93. The molecule has 0 aromatic carbocycles. The molecule has 0 saturated carbocycles. The van der Waals surface area contributed by atoms with Crippen molar-refractivity contribution >= 4 is 33.7 Å². The number of aryl methyl sites for hydroxylation is 1. The molecule has 2 rings (SSSR count). The van der Waals surface area contributed by atoms with Crippen LogP contribution in [0.25, 0.3) is 0 Å². The first kappa shape index (κ1) is 20.6. The molecule has 0 spiro atoms. The molecule has 142 valence electrons. The highest BCUT2D eigenvalue weighted by Gasteiger charge is 2.32. The van der Waals surface area contributed by atoms with Crippen molar-refractivity contribution in [1.29, 1.82) is 0 Å². The summed E-state index contributed by atoms with van der Waals surface area (Å²) in [7, 11) is 4.18. The number of hydrogen-bond acceptors (Lipinski definition) is 3. The van der Waals surface area contributed by atoms with Gasteiger partial charge in [-0.05, 0) is 47.5 Å². The molecule has 0 atom stereocenters. The van der Waals surface area contributed by atoms with Crippen LogP contribution in [0.2, 0.25) is 0 Å². The molecule has 1 aliphatic heterocycles. The van der Waals surface area contributed by atoms with Crippen molar-refractivity contribution < 1.29 is 4.74 Å². The molecular formula is C18H31BrN4OS. The lowest BCUT2D eigenvalue weighted by molar-refractivity contribution is 0.0793. The van der Waals surface area contributed by atoms with Crippen molar-refractivity contribution in [2.75, 3.05) is 39.1 Å². The van der Waals surface area contributed by atoms with E-state index < -0.39 is 0 Å². The van der Waals surface area contributed by atoms with Crippen molar-refractivity contribution in [2.24, 2.45) is 12.0 Å². The molecule has 0 radical (unpaired) electrons. The van der Waals surface area contributed by atoms with E-state index in [9.17, 15) is 0 Å². The summed E-state index contributed by atoms with van der Waals surface area (Å²) in [4.78, 5) is 7.20. The summed E-state index contributed by atoms with van der Waals surface area (Å²) >= 11 is 5.59. The van der Waals surface area contributed by atoms with Crippen LogP contribution in [0.3, 0.4) is 0 Å². The second-order valence-corrected chi connectivity index (χ2v) is 9.16. The molecule has 1 aromatic heterocycles. The Morgan fingerprint density at radius 3 is 2.72 bits per heavy atom. The maximum Gasteiger partial charge on any atom is 0.194 e. The van der Waals surface area contributed by atoms with Gasteiger partial charge in [0.1, 0.15) is 0 Å². The molecule has 5 nitrogen and oxygen atoms in total. The summed E-state index contributed by atoms with van der Waals surface area (Å²) < 4.78 is 9.06. The number of hydrogen-bond donors (Lipinski definition) is 1. The standard InChI is InChI=1S/C18H31BrN4OS/c1-5-20-17(23(4)13-16-11-15(19)12-22(16)3)21-14-18(25-6-2)7-9-24-10-8-18/h11-12H,5-10,13-14H2,1-4H3,(H,20,21). The molecule has 0 aliphatic carbocycles. The second-order valence-electron chi connectivity index (χ2n) is 6.52. The Balaban J connectivity index is 2.09. The molecule has 1 aliphatic rings. The Labute approximate surface area is 164 Å². The smallest absolute Gasteiger partial charge is 0.194 e. The van der Waals surface area contributed by atoms with E-state index in [1.807, 2.05) is 11.8 Å². The summed E-state index contributed by atoms with van der Waals surface area (Å²) in [5.74, 6) is 2.10. The summed E-state index contributed by atoms with van der Waals surface area (Å²) in [5.41, 5.74) is 1.25. The maximum absolute atomic E-state index is 5.57. The van der Waals surface area contributed by atoms with E-state index in [0.717, 1.165) is 61.9 Å². The molecule has 2 heterocycles. The minimum absolute atomic E-state index is 0.225. The largest absolute Gasteiger partial charge is 0.381 e. The van der Waals surface area contributed by atoms with Crippen molar-refractivity contribution in [3.8, 4) is 0 Å². The monoisotopic (exact) mass is 430 g/mol. The van der Waals surface area contributed by atoms with E-state index in [0.29, 0.717) is 0 Å². The Kier molecular flexibility index (Phi) is 8.16. The molecular weight excluding hydrogens is 400 g/mol. The highest BCUT2D eigenvalue weighted by Crippen LogP contribution is 2.35. The molecule has 25 heavy (non-hydrogen) atoms. The van der Waals surface area contributed by atoms with E-state index in [2.05, 4.69) is 70.9 Å². The van der Waals surface area contributed by atoms with E-state index >= 15 is 0 Å². The first-order chi connectivity index (χ1) is 12.0. The number of nitrogens with zero attached hydrogens (tertiary/aromatic N) is 3. The highest BCUT2D eigenvalue weighted by atomic mass is 79.9. The van der Waals surface area contributed by atoms with Gasteiger partial charge in [-0.25, -0.2) is 0 Å². The fourth-order valence-electron chi connectivity index (χ4n) is 3.13. The molecule has 7 heteroatoms. The number of ether oxygens (including phenoxy) is 1. The van der Waals surface area contributed by atoms with E-state index in [1.54, 1.807) is 0 Å². The van der Waals surface area contributed by atoms with Gasteiger partial charge in [0.2, 0.25) is 0 Å². The average Bonchev–Trinajstić information content (AvgIpc) is 2.90. The van der Waals surface area contributed by atoms with Gasteiger partial charge in [0.15, 0.2) is 5.96 Å². The lowest BCUT2D eigenvalue weighted by Gasteiger charge is -2.35. The SMILES string of the molecule is CCNC(=NCC1(SCC)CCOCC1)N(C)Cc1cc(Br)cn1C. The number of halogens is 1. The number of thioether (sulfide) groups is 1. The Bertz CT molecular complexity index is 564. The molecule has 1 N–H and O–H groups in total. The van der Waals surface area contributed by atoms with Crippen LogP contribution < -0.4 is 5.32 Å². The number of aromatic nitrogens is 1. The lowest BCUT2D eigenvalue weighted by Crippen LogP contribution is -2.42. The van der Waals surface area contributed by atoms with Gasteiger partial charge in [0.05, 0.1) is 13.1 Å². The Hall–Kier alpha value is -0.660. The van der Waals surface area contributed by atoms with Crippen molar-refractivity contribution in [1.82, 2.24) is 14.8 Å². The van der Waals surface area contributed by atoms with Gasteiger partial charge in [0.25, 0.3) is 0 Å². The second kappa shape index (κ2) is 9.88. The zero-order valence-corrected chi connectivity index (χ0v) is 18.3. The first-order valence-electron chi connectivity index (χ1n) is 9.01. The fraction of sp³-hybridized carbons (Fsp3) is 0.722. The van der Waals surface area contributed by atoms with Gasteiger partial charge in [-0.1, -0.05) is 6.92 Å². The molecule has 0 unspecified atom stereocenters. The molecule has 0 amide bonds. The maximum atomic E-state index is 5.57. The van der Waals surface area contributed by atoms with Gasteiger partial charge in [0, 0.05) is 55.0 Å². The van der Waals surface area contributed by atoms with Gasteiger partial charge in [-0.2, -0.15) is 11.8 Å². The van der Waals surface area contributed by atoms with E-state index in [1.165, 1.54) is 5.69 Å². The first-order valence-corrected chi connectivity index (χ1v) is 10.8. The predicted molar refractivity (Wildman–Crippen MR) is 111 cm³/mol. The topological polar surface area (TPSA) is 41.8 Å². The minimum Gasteiger partial charge on any atom is -0.381 e. The lowest BCUT2D eigenvalue weighted by atomic mass is 9.99. The highest BCUT2D eigenvalue weighted by molar-refractivity contribution is 9.10. The van der Waals surface area contributed by atoms with Crippen LogP contribution in [0, 0.1) is 0 Å². The quantitative estimate of drug-likeness (QED) is 0.530. The zero-order valence-electron chi connectivity index (χ0n) is 15.8. The van der Waals surface area contributed by atoms with Crippen LogP contribution in [0.5, 0.6) is 0 Å². The van der Waals surface area contributed by atoms with Gasteiger partial charge in [-0.3, -0.25) is 4.99 Å². The number of nitrogens with one attached hydrogen (secondary N) is 1. The molecule has 0 bridgehead atoms. The third-order valence-electron chi connectivity index (χ3n) is 4.54. The number of rotatable bonds is 7. The Morgan fingerprint density at radius 1 is 1.44 bits per heavy atom. The van der Waals surface area contributed by atoms with Gasteiger partial charge < -0.3 is 19.5 Å². The molecule has 1 aromatic rings. The van der Waals surface area contributed by atoms with Crippen LogP contribution in [0.1, 0.15) is 32.4 Å². The normalized spacial score (nSPS) is 17.6. The summed E-state index contributed by atoms with van der Waals surface area (Å²) in [6, 6.07) is 2.16. The average molecular weight is 431 g/mol. The van der Waals surface area contributed by atoms with E-state index in [-0.39, 0.29) is 4.75 Å². The van der Waals surface area contributed by atoms with E-state index in [4.69, 9.17) is 9.73 Å². The van der Waals surface area contributed by atoms with Crippen LogP contribution in [0.15, 0.2) is 21.7 Å². The fourth-order valence-corrected chi connectivity index (χ4v) is 4.92. The van der Waals surface area contributed by atoms with Gasteiger partial charge >= 0.3 is 0 Å². The van der Waals surface area contributed by atoms with Crippen LogP contribution in [-0.4, -0.2) is 59.3 Å². The molecule has 1 saturated heterocycles. The van der Waals surface area contributed by atoms with Crippen molar-refractivity contribution in [3.63, 3.8) is 0 Å². The summed E-state index contributed by atoms with van der Waals surface area (Å²) in [6.45, 7) is 8.60. The minimum atomic E-state index is 0.225. The number of aliphatic imine (C=N–C) groups is 1. The van der Waals surface area contributed by atoms with Crippen LogP contribution in [0.4, 0.5) is 0 Å². The summed E-state index contributed by atoms with van der Waals surface area (Å²) in [6.07, 6.45) is 4.26. The van der Waals surface area contributed by atoms with Crippen LogP contribution in [-0.2, 0) is 18.3 Å². The zero-order chi connectivity index (χ0) is 18.3. The van der Waals surface area contributed by atoms with Crippen molar-refractivity contribution in [3.05, 3.63) is 22.4 Å². The van der Waals surface area contributed by atoms with Gasteiger partial charge in [-0.15, -0.1) is 0 Å². The summed E-state index contributed by atoms with van der Waals surface area (Å²) in [5, 5.41) is 3.44. The molecule has 1 fully saturated rings. The number of guanidine groups is 1. The Morgan fingerprint density at radius 2 is 2.16 bits per heavy atom.